The Labute approximate surface area is 347 Å². The van der Waals surface area contributed by atoms with E-state index in [1.54, 1.807) is 95.3 Å². The average molecular weight is 849 g/mol. The van der Waals surface area contributed by atoms with Crippen molar-refractivity contribution in [2.24, 2.45) is 0 Å². The summed E-state index contributed by atoms with van der Waals surface area (Å²) in [5.74, 6) is -6.25. The zero-order chi connectivity index (χ0) is 42.7. The molecule has 0 radical (unpaired) electrons. The summed E-state index contributed by atoms with van der Waals surface area (Å²) in [6.45, 7) is 9.02. The average Bonchev–Trinajstić information content (AvgIpc) is 3.62. The fourth-order valence-electron chi connectivity index (χ4n) is 8.27. The van der Waals surface area contributed by atoms with Crippen LogP contribution >= 0.6 is 23.5 Å². The first-order chi connectivity index (χ1) is 27.9. The summed E-state index contributed by atoms with van der Waals surface area (Å²) in [6, 6.07) is 8.61. The standard InChI is InChI=1S/C39H44N8O10S2/c1-6-44-17-18-45(33(54)32(44)53)37(57)43-22(20-15-11-8-12-16-20)28(49)42-23-30(51)46-25(38(2,3)58-34(23)46)29(50)40-21(19-13-9-7-10-14-19)27(48)41-24-31(52)47-26(36(55)56)39(4,5)59-35(24)47/h7-16,21-26,34-35H,6,17-18H2,1-5H3,(H,40,50)(H,41,48)(H,42,49)(H,43,57)(H,55,56)/t21-,22-,23-,24-,25+,26?,34-,35-/m1/s1. The SMILES string of the molecule is CCN1CCN(C(=O)N[C@@H](C(=O)N[C@@H]2C(=O)N3[C@@H]2SC(C)(C)[C@@H]3C(=O)N[C@@H](C(=O)N[C@@H]2C(=O)N3C(C(=O)O)C(C)(C)S[C@H]23)c2ccccc2)c2ccccc2)C(=O)C1=O. The number of carboxylic acids is 1. The number of hydrogen-bond donors (Lipinski definition) is 5. The van der Waals surface area contributed by atoms with Crippen molar-refractivity contribution in [1.82, 2.24) is 40.9 Å². The molecular weight excluding hydrogens is 805 g/mol. The lowest BCUT2D eigenvalue weighted by atomic mass is 9.93. The molecule has 20 heteroatoms. The van der Waals surface area contributed by atoms with Gasteiger partial charge in [-0.3, -0.25) is 38.5 Å². The van der Waals surface area contributed by atoms with E-state index in [1.165, 1.54) is 38.2 Å². The highest BCUT2D eigenvalue weighted by Gasteiger charge is 2.66. The maximum Gasteiger partial charge on any atom is 0.327 e. The summed E-state index contributed by atoms with van der Waals surface area (Å²) in [4.78, 5) is 124. The molecule has 59 heavy (non-hydrogen) atoms. The van der Waals surface area contributed by atoms with Crippen LogP contribution < -0.4 is 21.3 Å². The first-order valence-corrected chi connectivity index (χ1v) is 20.8. The number of benzene rings is 2. The Morgan fingerprint density at radius 2 is 1.15 bits per heavy atom. The number of urea groups is 1. The second kappa shape index (κ2) is 15.5. The van der Waals surface area contributed by atoms with Crippen LogP contribution in [0.1, 0.15) is 57.8 Å². The molecule has 0 spiro atoms. The number of imide groups is 1. The van der Waals surface area contributed by atoms with Gasteiger partial charge in [-0.2, -0.15) is 0 Å². The van der Waals surface area contributed by atoms with Gasteiger partial charge in [0.15, 0.2) is 0 Å². The molecular formula is C39H44N8O10S2. The Balaban J connectivity index is 1.05. The van der Waals surface area contributed by atoms with Crippen LogP contribution in [-0.4, -0.2) is 142 Å². The Kier molecular flexibility index (Phi) is 10.9. The normalized spacial score (nSPS) is 27.4. The van der Waals surface area contributed by atoms with Crippen molar-refractivity contribution in [3.63, 3.8) is 0 Å². The van der Waals surface area contributed by atoms with E-state index in [-0.39, 0.29) is 13.1 Å². The molecule has 8 atom stereocenters. The second-order valence-electron chi connectivity index (χ2n) is 15.8. The van der Waals surface area contributed by atoms with Gasteiger partial charge in [0.2, 0.25) is 29.5 Å². The number of aliphatic carboxylic acids is 1. The van der Waals surface area contributed by atoms with Gasteiger partial charge < -0.3 is 41.1 Å². The van der Waals surface area contributed by atoms with Crippen molar-refractivity contribution >= 4 is 76.9 Å². The third-order valence-electron chi connectivity index (χ3n) is 11.2. The van der Waals surface area contributed by atoms with E-state index in [0.29, 0.717) is 17.7 Å². The van der Waals surface area contributed by atoms with Gasteiger partial charge in [-0.15, -0.1) is 23.5 Å². The molecule has 2 aromatic rings. The topological polar surface area (TPSA) is 235 Å². The van der Waals surface area contributed by atoms with Crippen LogP contribution in [0.5, 0.6) is 0 Å². The molecule has 0 aliphatic carbocycles. The molecule has 312 valence electrons. The van der Waals surface area contributed by atoms with E-state index in [4.69, 9.17) is 0 Å². The van der Waals surface area contributed by atoms with E-state index in [2.05, 4.69) is 21.3 Å². The lowest BCUT2D eigenvalue weighted by Gasteiger charge is -2.45. The van der Waals surface area contributed by atoms with Crippen molar-refractivity contribution in [2.75, 3.05) is 19.6 Å². The highest BCUT2D eigenvalue weighted by atomic mass is 32.2. The number of carbonyl (C=O) groups is 9. The minimum absolute atomic E-state index is 0.0735. The Morgan fingerprint density at radius 1 is 0.695 bits per heavy atom. The molecule has 5 aliphatic rings. The number of rotatable bonds is 11. The Morgan fingerprint density at radius 3 is 1.63 bits per heavy atom. The Hall–Kier alpha value is -5.63. The number of fused-ring (bicyclic) bond motifs is 2. The number of carboxylic acid groups (broad SMARTS) is 1. The summed E-state index contributed by atoms with van der Waals surface area (Å²) in [5, 5.41) is 19.3. The zero-order valence-corrected chi connectivity index (χ0v) is 34.4. The van der Waals surface area contributed by atoms with Crippen LogP contribution in [0, 0.1) is 0 Å². The molecule has 5 N–H and O–H groups in total. The summed E-state index contributed by atoms with van der Waals surface area (Å²) >= 11 is 2.54. The van der Waals surface area contributed by atoms with Gasteiger partial charge >= 0.3 is 23.8 Å². The fourth-order valence-corrected chi connectivity index (χ4v) is 11.5. The number of thioether (sulfide) groups is 2. The monoisotopic (exact) mass is 848 g/mol. The predicted octanol–water partition coefficient (Wildman–Crippen LogP) is 0.164. The number of nitrogens with zero attached hydrogens (tertiary/aromatic N) is 4. The second-order valence-corrected chi connectivity index (χ2v) is 19.4. The van der Waals surface area contributed by atoms with Gasteiger partial charge in [0.1, 0.15) is 47.0 Å². The summed E-state index contributed by atoms with van der Waals surface area (Å²) in [7, 11) is 0. The summed E-state index contributed by atoms with van der Waals surface area (Å²) in [5.41, 5.74) is 0.750. The van der Waals surface area contributed by atoms with E-state index in [1.807, 2.05) is 0 Å². The maximum atomic E-state index is 14.2. The Bertz CT molecular complexity index is 2120. The molecule has 5 aliphatic heterocycles. The van der Waals surface area contributed by atoms with E-state index in [0.717, 1.165) is 4.90 Å². The number of piperazine rings is 1. The van der Waals surface area contributed by atoms with Crippen LogP contribution in [0.3, 0.4) is 0 Å². The molecule has 0 saturated carbocycles. The predicted molar refractivity (Wildman–Crippen MR) is 213 cm³/mol. The molecule has 18 nitrogen and oxygen atoms in total. The van der Waals surface area contributed by atoms with Crippen molar-refractivity contribution in [3.8, 4) is 0 Å². The molecule has 0 bridgehead atoms. The van der Waals surface area contributed by atoms with E-state index >= 15 is 0 Å². The first-order valence-electron chi connectivity index (χ1n) is 19.0. The van der Waals surface area contributed by atoms with Crippen LogP contribution in [0.4, 0.5) is 4.79 Å². The third kappa shape index (κ3) is 7.25. The van der Waals surface area contributed by atoms with Crippen LogP contribution in [0.15, 0.2) is 60.7 Å². The summed E-state index contributed by atoms with van der Waals surface area (Å²) in [6.07, 6.45) is 0. The molecule has 5 saturated heterocycles. The quantitative estimate of drug-likeness (QED) is 0.150. The lowest BCUT2D eigenvalue weighted by Crippen LogP contribution is -2.72. The van der Waals surface area contributed by atoms with Crippen LogP contribution in [-0.2, 0) is 38.4 Å². The highest BCUT2D eigenvalue weighted by Crippen LogP contribution is 2.52. The van der Waals surface area contributed by atoms with E-state index in [9.17, 15) is 48.3 Å². The van der Waals surface area contributed by atoms with Gasteiger partial charge in [0, 0.05) is 29.1 Å². The fraction of sp³-hybridized carbons (Fsp3) is 0.462. The molecule has 5 heterocycles. The number of nitrogens with one attached hydrogen (secondary N) is 4. The van der Waals surface area contributed by atoms with Crippen molar-refractivity contribution in [3.05, 3.63) is 71.8 Å². The van der Waals surface area contributed by atoms with Crippen molar-refractivity contribution in [1.29, 1.82) is 0 Å². The van der Waals surface area contributed by atoms with Gasteiger partial charge in [-0.1, -0.05) is 60.7 Å². The van der Waals surface area contributed by atoms with Gasteiger partial charge in [-0.05, 0) is 45.7 Å². The van der Waals surface area contributed by atoms with Crippen molar-refractivity contribution in [2.45, 2.75) is 91.1 Å². The minimum atomic E-state index is -1.36. The molecule has 0 aromatic heterocycles. The molecule has 9 amide bonds. The smallest absolute Gasteiger partial charge is 0.327 e. The number of amides is 9. The van der Waals surface area contributed by atoms with Crippen LogP contribution in [0.25, 0.3) is 0 Å². The van der Waals surface area contributed by atoms with Gasteiger partial charge in [-0.25, -0.2) is 9.59 Å². The first kappa shape index (κ1) is 41.5. The summed E-state index contributed by atoms with van der Waals surface area (Å²) < 4.78 is -1.74. The van der Waals surface area contributed by atoms with Gasteiger partial charge in [0.25, 0.3) is 0 Å². The lowest BCUT2D eigenvalue weighted by molar-refractivity contribution is -0.161. The van der Waals surface area contributed by atoms with Crippen LogP contribution in [0.2, 0.25) is 0 Å². The zero-order valence-electron chi connectivity index (χ0n) is 32.7. The number of likely N-dealkylation sites (N-methyl/N-ethyl adjacent to an activating group) is 1. The molecule has 7 rings (SSSR count). The minimum Gasteiger partial charge on any atom is -0.480 e. The largest absolute Gasteiger partial charge is 0.480 e. The third-order valence-corrected chi connectivity index (χ3v) is 14.4. The van der Waals surface area contributed by atoms with E-state index < -0.39 is 110 Å². The molecule has 1 unspecified atom stereocenters. The van der Waals surface area contributed by atoms with Gasteiger partial charge in [0.05, 0.1) is 0 Å². The number of β-lactam (4-membered cyclic amide) rings is 2. The number of hydrogen-bond acceptors (Lipinski definition) is 11. The molecule has 2 aromatic carbocycles. The number of carbonyl (C=O) groups excluding carboxylic acids is 8. The van der Waals surface area contributed by atoms with Crippen molar-refractivity contribution < 1.29 is 48.3 Å². The maximum absolute atomic E-state index is 14.2. The highest BCUT2D eigenvalue weighted by molar-refractivity contribution is 8.02. The molecule has 5 fully saturated rings.